The largest absolute Gasteiger partial charge is 0.504 e. The highest BCUT2D eigenvalue weighted by atomic mass is 32.1. The molecule has 0 atom stereocenters. The number of hydrazone groups is 1. The number of hydrogen-bond acceptors (Lipinski definition) is 7. The van der Waals surface area contributed by atoms with E-state index < -0.39 is 0 Å². The van der Waals surface area contributed by atoms with Gasteiger partial charge in [0.1, 0.15) is 5.75 Å². The van der Waals surface area contributed by atoms with Gasteiger partial charge in [0.25, 0.3) is 0 Å². The molecule has 146 valence electrons. The number of aromatic nitrogens is 3. The molecular formula is C19H21N5O3S. The first-order valence-corrected chi connectivity index (χ1v) is 9.18. The average Bonchev–Trinajstić information content (AvgIpc) is 3.06. The Labute approximate surface area is 167 Å². The molecule has 0 spiro atoms. The first kappa shape index (κ1) is 19.4. The monoisotopic (exact) mass is 399 g/mol. The summed E-state index contributed by atoms with van der Waals surface area (Å²) in [5.74, 6) is 1.87. The second-order valence-corrected chi connectivity index (χ2v) is 6.05. The molecule has 9 heteroatoms. The van der Waals surface area contributed by atoms with Crippen molar-refractivity contribution >= 4 is 18.4 Å². The lowest BCUT2D eigenvalue weighted by Crippen LogP contribution is -2.10. The molecule has 8 nitrogen and oxygen atoms in total. The fourth-order valence-corrected chi connectivity index (χ4v) is 2.67. The van der Waals surface area contributed by atoms with E-state index in [2.05, 4.69) is 20.8 Å². The summed E-state index contributed by atoms with van der Waals surface area (Å²) in [5.41, 5.74) is 4.47. The molecule has 0 aliphatic rings. The van der Waals surface area contributed by atoms with E-state index in [1.54, 1.807) is 29.1 Å². The zero-order valence-electron chi connectivity index (χ0n) is 15.5. The predicted octanol–water partition coefficient (Wildman–Crippen LogP) is 3.69. The standard InChI is InChI=1S/C19H21N5O3S/c1-3-26-15-8-6-14(7-9-15)18-21-22-19(28)24(18)23-20-12-13-5-10-16(25)17(11-13)27-4-2/h5-12,23,25H,3-4H2,1-2H3,(H,22,28)/b20-12-. The van der Waals surface area contributed by atoms with Gasteiger partial charge in [-0.1, -0.05) is 0 Å². The normalized spacial score (nSPS) is 10.9. The Hall–Kier alpha value is -3.33. The molecular weight excluding hydrogens is 378 g/mol. The van der Waals surface area contributed by atoms with Gasteiger partial charge >= 0.3 is 0 Å². The topological polar surface area (TPSA) is 96.7 Å². The van der Waals surface area contributed by atoms with Crippen molar-refractivity contribution in [2.24, 2.45) is 5.10 Å². The van der Waals surface area contributed by atoms with Crippen molar-refractivity contribution in [3.8, 4) is 28.6 Å². The molecule has 28 heavy (non-hydrogen) atoms. The van der Waals surface area contributed by atoms with Crippen molar-refractivity contribution < 1.29 is 14.6 Å². The minimum Gasteiger partial charge on any atom is -0.504 e. The maximum Gasteiger partial charge on any atom is 0.216 e. The van der Waals surface area contributed by atoms with E-state index in [0.717, 1.165) is 16.9 Å². The van der Waals surface area contributed by atoms with E-state index in [1.807, 2.05) is 38.1 Å². The first-order valence-electron chi connectivity index (χ1n) is 8.78. The molecule has 0 saturated heterocycles. The Morgan fingerprint density at radius 3 is 2.64 bits per heavy atom. The fourth-order valence-electron chi connectivity index (χ4n) is 2.49. The van der Waals surface area contributed by atoms with E-state index in [9.17, 15) is 5.11 Å². The van der Waals surface area contributed by atoms with Gasteiger partial charge in [0.05, 0.1) is 19.4 Å². The second kappa shape index (κ2) is 9.05. The van der Waals surface area contributed by atoms with Crippen LogP contribution in [0.1, 0.15) is 19.4 Å². The molecule has 3 rings (SSSR count). The summed E-state index contributed by atoms with van der Waals surface area (Å²) >= 11 is 5.27. The van der Waals surface area contributed by atoms with Crippen LogP contribution in [-0.2, 0) is 0 Å². The van der Waals surface area contributed by atoms with Crippen LogP contribution in [0, 0.1) is 4.77 Å². The maximum absolute atomic E-state index is 9.77. The first-order chi connectivity index (χ1) is 13.6. The van der Waals surface area contributed by atoms with Crippen LogP contribution in [0.15, 0.2) is 47.6 Å². The number of H-pyrrole nitrogens is 1. The summed E-state index contributed by atoms with van der Waals surface area (Å²) in [6, 6.07) is 12.5. The summed E-state index contributed by atoms with van der Waals surface area (Å²) < 4.78 is 12.8. The van der Waals surface area contributed by atoms with E-state index in [0.29, 0.717) is 29.6 Å². The van der Waals surface area contributed by atoms with Crippen LogP contribution in [0.4, 0.5) is 0 Å². The molecule has 0 bridgehead atoms. The average molecular weight is 399 g/mol. The molecule has 2 aromatic carbocycles. The zero-order chi connectivity index (χ0) is 19.9. The highest BCUT2D eigenvalue weighted by molar-refractivity contribution is 7.71. The molecule has 1 heterocycles. The Kier molecular flexibility index (Phi) is 6.28. The number of aromatic amines is 1. The Morgan fingerprint density at radius 1 is 1.18 bits per heavy atom. The van der Waals surface area contributed by atoms with Crippen LogP contribution in [0.2, 0.25) is 0 Å². The number of aromatic hydroxyl groups is 1. The molecule has 3 N–H and O–H groups in total. The number of nitrogens with zero attached hydrogens (tertiary/aromatic N) is 3. The lowest BCUT2D eigenvalue weighted by molar-refractivity contribution is 0.318. The fraction of sp³-hybridized carbons (Fsp3) is 0.211. The molecule has 3 aromatic rings. The van der Waals surface area contributed by atoms with Gasteiger partial charge in [0.2, 0.25) is 4.77 Å². The van der Waals surface area contributed by atoms with Crippen molar-refractivity contribution in [2.75, 3.05) is 18.7 Å². The van der Waals surface area contributed by atoms with Crippen LogP contribution in [0.5, 0.6) is 17.2 Å². The van der Waals surface area contributed by atoms with Crippen LogP contribution in [0.3, 0.4) is 0 Å². The molecule has 0 radical (unpaired) electrons. The minimum atomic E-state index is 0.0850. The van der Waals surface area contributed by atoms with Crippen molar-refractivity contribution in [3.05, 3.63) is 52.8 Å². The van der Waals surface area contributed by atoms with E-state index in [1.165, 1.54) is 0 Å². The number of ether oxygens (including phenoxy) is 2. The van der Waals surface area contributed by atoms with Gasteiger partial charge in [-0.3, -0.25) is 0 Å². The third-order valence-corrected chi connectivity index (χ3v) is 4.02. The number of rotatable bonds is 8. The van der Waals surface area contributed by atoms with Gasteiger partial charge in [-0.05, 0) is 74.1 Å². The number of phenolic OH excluding ortho intramolecular Hbond substituents is 1. The van der Waals surface area contributed by atoms with Crippen molar-refractivity contribution in [3.63, 3.8) is 0 Å². The number of nitrogens with one attached hydrogen (secondary N) is 2. The quantitative estimate of drug-likeness (QED) is 0.304. The molecule has 0 saturated carbocycles. The van der Waals surface area contributed by atoms with E-state index >= 15 is 0 Å². The Morgan fingerprint density at radius 2 is 1.93 bits per heavy atom. The van der Waals surface area contributed by atoms with Crippen molar-refractivity contribution in [1.29, 1.82) is 0 Å². The maximum atomic E-state index is 9.77. The number of phenols is 1. The second-order valence-electron chi connectivity index (χ2n) is 5.66. The summed E-state index contributed by atoms with van der Waals surface area (Å²) in [5, 5.41) is 21.0. The Bertz CT molecular complexity index is 1010. The lowest BCUT2D eigenvalue weighted by Gasteiger charge is -2.08. The Balaban J connectivity index is 1.78. The van der Waals surface area contributed by atoms with Gasteiger partial charge in [-0.2, -0.15) is 14.9 Å². The van der Waals surface area contributed by atoms with Gasteiger partial charge in [-0.25, -0.2) is 10.6 Å². The third kappa shape index (κ3) is 4.49. The van der Waals surface area contributed by atoms with Crippen molar-refractivity contribution in [1.82, 2.24) is 14.9 Å². The van der Waals surface area contributed by atoms with Crippen LogP contribution < -0.4 is 15.0 Å². The smallest absolute Gasteiger partial charge is 0.216 e. The summed E-state index contributed by atoms with van der Waals surface area (Å²) in [4.78, 5) is 0. The minimum absolute atomic E-state index is 0.0850. The molecule has 0 aliphatic heterocycles. The molecule has 0 amide bonds. The van der Waals surface area contributed by atoms with Crippen LogP contribution in [-0.4, -0.2) is 39.4 Å². The zero-order valence-corrected chi connectivity index (χ0v) is 16.4. The van der Waals surface area contributed by atoms with E-state index in [-0.39, 0.29) is 5.75 Å². The van der Waals surface area contributed by atoms with Gasteiger partial charge in [0.15, 0.2) is 17.3 Å². The molecule has 0 fully saturated rings. The van der Waals surface area contributed by atoms with Crippen LogP contribution in [0.25, 0.3) is 11.4 Å². The number of benzene rings is 2. The van der Waals surface area contributed by atoms with Crippen LogP contribution >= 0.6 is 12.2 Å². The summed E-state index contributed by atoms with van der Waals surface area (Å²) in [6.07, 6.45) is 1.60. The predicted molar refractivity (Wildman–Crippen MR) is 110 cm³/mol. The summed E-state index contributed by atoms with van der Waals surface area (Å²) in [6.45, 7) is 4.86. The highest BCUT2D eigenvalue weighted by Crippen LogP contribution is 2.26. The molecule has 0 unspecified atom stereocenters. The molecule has 0 aliphatic carbocycles. The SMILES string of the molecule is CCOc1ccc(-c2n[nH]c(=S)n2N/N=C\c2ccc(O)c(OCC)c2)cc1. The van der Waals surface area contributed by atoms with E-state index in [4.69, 9.17) is 21.7 Å². The lowest BCUT2D eigenvalue weighted by atomic mass is 10.2. The van der Waals surface area contributed by atoms with Gasteiger partial charge < -0.3 is 14.6 Å². The highest BCUT2D eigenvalue weighted by Gasteiger charge is 2.09. The van der Waals surface area contributed by atoms with Gasteiger partial charge in [-0.15, -0.1) is 0 Å². The number of hydrogen-bond donors (Lipinski definition) is 3. The van der Waals surface area contributed by atoms with Gasteiger partial charge in [0, 0.05) is 5.56 Å². The summed E-state index contributed by atoms with van der Waals surface area (Å²) in [7, 11) is 0. The van der Waals surface area contributed by atoms with Crippen molar-refractivity contribution in [2.45, 2.75) is 13.8 Å². The third-order valence-electron chi connectivity index (χ3n) is 3.75. The molecule has 1 aromatic heterocycles.